The van der Waals surface area contributed by atoms with Crippen LogP contribution in [0.4, 0.5) is 0 Å². The first kappa shape index (κ1) is 27.4. The first-order valence-corrected chi connectivity index (χ1v) is 10.2. The van der Waals surface area contributed by atoms with Crippen molar-refractivity contribution in [3.8, 4) is 0 Å². The van der Waals surface area contributed by atoms with Crippen LogP contribution >= 0.6 is 0 Å². The molecule has 0 aliphatic rings. The van der Waals surface area contributed by atoms with Gasteiger partial charge in [-0.25, -0.2) is 4.79 Å². The van der Waals surface area contributed by atoms with Crippen LogP contribution in [0.25, 0.3) is 0 Å². The Hall–Kier alpha value is 0.210. The fourth-order valence-electron chi connectivity index (χ4n) is 3.16. The van der Waals surface area contributed by atoms with Gasteiger partial charge in [0.05, 0.1) is 6.61 Å². The first-order valence-electron chi connectivity index (χ1n) is 10.2. The molecular weight excluding hydrogens is 319 g/mol. The summed E-state index contributed by atoms with van der Waals surface area (Å²) in [7, 11) is 0. The molecule has 2 nitrogen and oxygen atoms in total. The van der Waals surface area contributed by atoms with E-state index in [0.29, 0.717) is 6.61 Å². The van der Waals surface area contributed by atoms with Crippen LogP contribution in [-0.2, 0) is 9.53 Å². The third-order valence-corrected chi connectivity index (χ3v) is 4.79. The predicted molar refractivity (Wildman–Crippen MR) is 106 cm³/mol. The summed E-state index contributed by atoms with van der Waals surface area (Å²) in [4.78, 5) is 11.4. The summed E-state index contributed by atoms with van der Waals surface area (Å²) in [6.45, 7) is 13.7. The van der Waals surface area contributed by atoms with Crippen LogP contribution in [-0.4, -0.2) is 12.6 Å². The van der Waals surface area contributed by atoms with Gasteiger partial charge in [-0.15, -0.1) is 0 Å². The molecule has 2 atom stereocenters. The number of ether oxygens (including phenoxy) is 1. The Labute approximate surface area is 181 Å². The van der Waals surface area contributed by atoms with Gasteiger partial charge in [-0.2, -0.15) is 0 Å². The van der Waals surface area contributed by atoms with Gasteiger partial charge in [-0.1, -0.05) is 78.2 Å². The zero-order valence-electron chi connectivity index (χ0n) is 19.2. The average Bonchev–Trinajstić information content (AvgIpc) is 2.46. The van der Waals surface area contributed by atoms with E-state index in [4.69, 9.17) is 4.74 Å². The van der Waals surface area contributed by atoms with E-state index in [1.54, 1.807) is 6.08 Å². The molecule has 0 aromatic heterocycles. The van der Waals surface area contributed by atoms with E-state index in [1.807, 2.05) is 13.8 Å². The number of rotatable bonds is 14. The van der Waals surface area contributed by atoms with E-state index in [1.165, 1.54) is 51.4 Å². The van der Waals surface area contributed by atoms with Crippen molar-refractivity contribution in [3.05, 3.63) is 11.6 Å². The summed E-state index contributed by atoms with van der Waals surface area (Å²) in [5.41, 5.74) is 1.14. The van der Waals surface area contributed by atoms with Crippen LogP contribution in [0, 0.1) is 17.8 Å². The number of allylic oxidation sites excluding steroid dienone is 1. The van der Waals surface area contributed by atoms with Gasteiger partial charge in [0.2, 0.25) is 0 Å². The maximum Gasteiger partial charge on any atom is 1.00 e. The maximum absolute atomic E-state index is 11.4. The Morgan fingerprint density at radius 2 is 1.40 bits per heavy atom. The van der Waals surface area contributed by atoms with Crippen LogP contribution < -0.4 is 29.6 Å². The molecule has 25 heavy (non-hydrogen) atoms. The Balaban J connectivity index is -0.00000264. The normalized spacial score (nSPS) is 14.1. The number of esters is 1. The van der Waals surface area contributed by atoms with Crippen LogP contribution in [0.5, 0.6) is 0 Å². The molecule has 0 heterocycles. The van der Waals surface area contributed by atoms with Gasteiger partial charge in [-0.05, 0) is 44.4 Å². The number of hydrogen-bond acceptors (Lipinski definition) is 2. The Kier molecular flexibility index (Phi) is 19.3. The van der Waals surface area contributed by atoms with E-state index in [0.717, 1.165) is 29.7 Å². The molecular formula is C22H43NaO2. The predicted octanol–water partition coefficient (Wildman–Crippen LogP) is 4.05. The van der Waals surface area contributed by atoms with Gasteiger partial charge in [0.1, 0.15) is 0 Å². The summed E-state index contributed by atoms with van der Waals surface area (Å²) in [6, 6.07) is 0. The summed E-state index contributed by atoms with van der Waals surface area (Å²) in [5, 5.41) is 0. The summed E-state index contributed by atoms with van der Waals surface area (Å²) < 4.78 is 4.94. The Morgan fingerprint density at radius 1 is 0.920 bits per heavy atom. The largest absolute Gasteiger partial charge is 1.00 e. The van der Waals surface area contributed by atoms with E-state index in [9.17, 15) is 4.79 Å². The van der Waals surface area contributed by atoms with Gasteiger partial charge in [-0.3, -0.25) is 0 Å². The third-order valence-electron chi connectivity index (χ3n) is 4.79. The van der Waals surface area contributed by atoms with Gasteiger partial charge in [0, 0.05) is 6.08 Å². The molecule has 0 amide bonds. The fraction of sp³-hybridized carbons (Fsp3) is 0.864. The zero-order valence-corrected chi connectivity index (χ0v) is 20.2. The average molecular weight is 363 g/mol. The molecule has 0 aliphatic carbocycles. The van der Waals surface area contributed by atoms with Crippen molar-refractivity contribution in [1.29, 1.82) is 0 Å². The third kappa shape index (κ3) is 18.8. The van der Waals surface area contributed by atoms with Crippen LogP contribution in [0.2, 0.25) is 0 Å². The van der Waals surface area contributed by atoms with Gasteiger partial charge in [0.25, 0.3) is 0 Å². The van der Waals surface area contributed by atoms with Crippen LogP contribution in [0.3, 0.4) is 0 Å². The summed E-state index contributed by atoms with van der Waals surface area (Å²) in [6.07, 6.45) is 13.3. The number of carbonyl (C=O) groups excluding carboxylic acids is 1. The van der Waals surface area contributed by atoms with Crippen molar-refractivity contribution in [2.24, 2.45) is 17.8 Å². The second-order valence-electron chi connectivity index (χ2n) is 8.10. The fourth-order valence-corrected chi connectivity index (χ4v) is 3.16. The molecule has 0 aliphatic heterocycles. The zero-order chi connectivity index (χ0) is 18.4. The molecule has 0 rings (SSSR count). The van der Waals surface area contributed by atoms with Crippen molar-refractivity contribution in [3.63, 3.8) is 0 Å². The number of carbonyl (C=O) groups is 1. The second kappa shape index (κ2) is 17.6. The van der Waals surface area contributed by atoms with Crippen molar-refractivity contribution >= 4 is 5.97 Å². The molecule has 0 unspecified atom stereocenters. The van der Waals surface area contributed by atoms with Crippen molar-refractivity contribution in [1.82, 2.24) is 0 Å². The van der Waals surface area contributed by atoms with E-state index < -0.39 is 0 Å². The van der Waals surface area contributed by atoms with E-state index >= 15 is 0 Å². The van der Waals surface area contributed by atoms with Crippen molar-refractivity contribution in [2.75, 3.05) is 6.61 Å². The second-order valence-corrected chi connectivity index (χ2v) is 8.10. The van der Waals surface area contributed by atoms with E-state index in [2.05, 4.69) is 27.7 Å². The molecule has 0 spiro atoms. The smallest absolute Gasteiger partial charge is 1.00 e. The molecule has 0 saturated heterocycles. The summed E-state index contributed by atoms with van der Waals surface area (Å²) in [5.74, 6) is 2.32. The minimum atomic E-state index is -0.200. The Morgan fingerprint density at radius 3 is 1.88 bits per heavy atom. The molecule has 0 bridgehead atoms. The topological polar surface area (TPSA) is 26.3 Å². The molecule has 0 aromatic carbocycles. The maximum atomic E-state index is 11.4. The number of hydrogen-bond donors (Lipinski definition) is 0. The monoisotopic (exact) mass is 362 g/mol. The minimum absolute atomic E-state index is 0. The quantitative estimate of drug-likeness (QED) is 0.265. The molecule has 144 valence electrons. The summed E-state index contributed by atoms with van der Waals surface area (Å²) >= 11 is 0. The molecule has 0 N–H and O–H groups in total. The Bertz CT molecular complexity index is 356. The van der Waals surface area contributed by atoms with Gasteiger partial charge in [0.15, 0.2) is 0 Å². The molecule has 0 saturated carbocycles. The SMILES string of the molecule is CCOC(=O)/C=C(\C)CCC[C@H](C)CCC[C@H](C)CCCC(C)C.[H-].[Na+]. The molecule has 0 aromatic rings. The first-order chi connectivity index (χ1) is 11.3. The molecule has 3 heteroatoms. The van der Waals surface area contributed by atoms with E-state index in [-0.39, 0.29) is 37.0 Å². The van der Waals surface area contributed by atoms with Gasteiger partial charge >= 0.3 is 35.5 Å². The minimum Gasteiger partial charge on any atom is -1.00 e. The molecule has 0 fully saturated rings. The van der Waals surface area contributed by atoms with Crippen LogP contribution in [0.15, 0.2) is 11.6 Å². The van der Waals surface area contributed by atoms with Gasteiger partial charge < -0.3 is 6.16 Å². The molecule has 0 radical (unpaired) electrons. The standard InChI is InChI=1S/C22H42O2.Na.H/c1-7-24-22(23)17-21(6)16-10-15-20(5)14-9-13-19(4)12-8-11-18(2)3;;/h17-20H,7-16H2,1-6H3;;/q;+1;-1/b21-17+;;/t19-,20-;;/m1../s1. The van der Waals surface area contributed by atoms with Crippen molar-refractivity contribution < 1.29 is 40.5 Å². The van der Waals surface area contributed by atoms with Crippen LogP contribution in [0.1, 0.15) is 101 Å². The van der Waals surface area contributed by atoms with Crippen molar-refractivity contribution in [2.45, 2.75) is 99.3 Å².